The van der Waals surface area contributed by atoms with Gasteiger partial charge in [-0.25, -0.2) is 0 Å². The molecule has 0 saturated heterocycles. The minimum Gasteiger partial charge on any atom is -0.417 e. The molecule has 0 rings (SSSR count). The zero-order chi connectivity index (χ0) is 10.9. The molecule has 0 aliphatic heterocycles. The van der Waals surface area contributed by atoms with E-state index in [1.54, 1.807) is 0 Å². The molecule has 0 aromatic rings. The molecule has 0 aromatic heterocycles. The van der Waals surface area contributed by atoms with Crippen LogP contribution in [0.3, 0.4) is 0 Å². The van der Waals surface area contributed by atoms with Gasteiger partial charge in [0.05, 0.1) is 6.07 Å². The van der Waals surface area contributed by atoms with Crippen LogP contribution in [0.1, 0.15) is 40.0 Å². The van der Waals surface area contributed by atoms with Gasteiger partial charge in [0.1, 0.15) is 0 Å². The van der Waals surface area contributed by atoms with Crippen LogP contribution in [0, 0.1) is 11.3 Å². The van der Waals surface area contributed by atoms with Crippen molar-refractivity contribution in [3.8, 4) is 6.07 Å². The van der Waals surface area contributed by atoms with Gasteiger partial charge < -0.3 is 4.43 Å². The van der Waals surface area contributed by atoms with Gasteiger partial charge in [-0.2, -0.15) is 5.26 Å². The zero-order valence-electron chi connectivity index (χ0n) is 9.81. The van der Waals surface area contributed by atoms with Crippen molar-refractivity contribution in [3.05, 3.63) is 0 Å². The Hall–Kier alpha value is -0.333. The van der Waals surface area contributed by atoms with Crippen LogP contribution in [0.15, 0.2) is 0 Å². The maximum Gasteiger partial charge on any atom is 0.193 e. The van der Waals surface area contributed by atoms with Crippen molar-refractivity contribution in [1.29, 1.82) is 5.26 Å². The minimum absolute atomic E-state index is 0.673. The average Bonchev–Trinajstić information content (AvgIpc) is 2.16. The van der Waals surface area contributed by atoms with Gasteiger partial charge in [0.15, 0.2) is 8.32 Å². The Balaban J connectivity index is 4.30. The summed E-state index contributed by atoms with van der Waals surface area (Å²) in [6, 6.07) is 5.72. The van der Waals surface area contributed by atoms with Crippen LogP contribution in [-0.2, 0) is 4.43 Å². The number of hydrogen-bond donors (Lipinski definition) is 0. The highest BCUT2D eigenvalue weighted by Crippen LogP contribution is 2.27. The van der Waals surface area contributed by atoms with Crippen molar-refractivity contribution in [1.82, 2.24) is 0 Å². The molecule has 0 atom stereocenters. The Morgan fingerprint density at radius 3 is 2.00 bits per heavy atom. The minimum atomic E-state index is -1.54. The lowest BCUT2D eigenvalue weighted by Gasteiger charge is -2.29. The maximum absolute atomic E-state index is 8.65. The fraction of sp³-hybridized carbons (Fsp3) is 0.909. The van der Waals surface area contributed by atoms with Gasteiger partial charge in [0.2, 0.25) is 0 Å². The van der Waals surface area contributed by atoms with Gasteiger partial charge >= 0.3 is 0 Å². The molecule has 82 valence electrons. The Bertz CT molecular complexity index is 160. The fourth-order valence-corrected chi connectivity index (χ4v) is 6.28. The first-order chi connectivity index (χ1) is 6.74. The number of rotatable bonds is 8. The maximum atomic E-state index is 8.65. The summed E-state index contributed by atoms with van der Waals surface area (Å²) in [7, 11) is -1.54. The second-order valence-corrected chi connectivity index (χ2v) is 7.93. The number of nitriles is 1. The topological polar surface area (TPSA) is 33.0 Å². The highest BCUT2D eigenvalue weighted by atomic mass is 28.4. The zero-order valence-corrected chi connectivity index (χ0v) is 10.8. The monoisotopic (exact) mass is 213 g/mol. The van der Waals surface area contributed by atoms with E-state index in [1.807, 2.05) is 0 Å². The van der Waals surface area contributed by atoms with Gasteiger partial charge in [0.25, 0.3) is 0 Å². The fourth-order valence-electron chi connectivity index (χ4n) is 2.09. The average molecular weight is 213 g/mol. The van der Waals surface area contributed by atoms with Crippen molar-refractivity contribution in [2.45, 2.75) is 58.2 Å². The van der Waals surface area contributed by atoms with E-state index >= 15 is 0 Å². The lowest BCUT2D eigenvalue weighted by molar-refractivity contribution is 0.317. The third-order valence-corrected chi connectivity index (χ3v) is 7.44. The van der Waals surface area contributed by atoms with E-state index in [0.717, 1.165) is 12.7 Å². The predicted octanol–water partition coefficient (Wildman–Crippen LogP) is 3.70. The van der Waals surface area contributed by atoms with E-state index in [-0.39, 0.29) is 0 Å². The highest BCUT2D eigenvalue weighted by Gasteiger charge is 2.31. The van der Waals surface area contributed by atoms with E-state index in [4.69, 9.17) is 9.69 Å². The molecular formula is C11H23NOSi. The van der Waals surface area contributed by atoms with Crippen LogP contribution in [0.25, 0.3) is 0 Å². The van der Waals surface area contributed by atoms with E-state index in [0.29, 0.717) is 6.42 Å². The van der Waals surface area contributed by atoms with Crippen LogP contribution < -0.4 is 0 Å². The summed E-state index contributed by atoms with van der Waals surface area (Å²) in [5.74, 6) is 0. The molecule has 0 spiro atoms. The van der Waals surface area contributed by atoms with E-state index in [1.165, 1.54) is 24.9 Å². The molecule has 0 aromatic carbocycles. The second-order valence-electron chi connectivity index (χ2n) is 3.77. The summed E-state index contributed by atoms with van der Waals surface area (Å²) >= 11 is 0. The van der Waals surface area contributed by atoms with E-state index in [2.05, 4.69) is 26.8 Å². The summed E-state index contributed by atoms with van der Waals surface area (Å²) in [4.78, 5) is 0. The van der Waals surface area contributed by atoms with Gasteiger partial charge in [-0.05, 0) is 25.1 Å². The Morgan fingerprint density at radius 1 is 1.07 bits per heavy atom. The quantitative estimate of drug-likeness (QED) is 0.576. The summed E-state index contributed by atoms with van der Waals surface area (Å²) in [5.41, 5.74) is 0. The summed E-state index contributed by atoms with van der Waals surface area (Å²) in [6.45, 7) is 7.31. The van der Waals surface area contributed by atoms with Crippen molar-refractivity contribution in [2.75, 3.05) is 6.61 Å². The molecular weight excluding hydrogens is 190 g/mol. The molecule has 0 fully saturated rings. The van der Waals surface area contributed by atoms with Crippen molar-refractivity contribution in [3.63, 3.8) is 0 Å². The predicted molar refractivity (Wildman–Crippen MR) is 62.6 cm³/mol. The molecule has 2 nitrogen and oxygen atoms in total. The van der Waals surface area contributed by atoms with Crippen LogP contribution in [0.2, 0.25) is 18.1 Å². The smallest absolute Gasteiger partial charge is 0.193 e. The molecule has 3 heteroatoms. The Labute approximate surface area is 89.4 Å². The molecule has 0 unspecified atom stereocenters. The largest absolute Gasteiger partial charge is 0.417 e. The molecule has 0 saturated carbocycles. The van der Waals surface area contributed by atoms with E-state index < -0.39 is 8.32 Å². The lowest BCUT2D eigenvalue weighted by atomic mass is 10.5. The van der Waals surface area contributed by atoms with Gasteiger partial charge in [-0.15, -0.1) is 0 Å². The van der Waals surface area contributed by atoms with Crippen LogP contribution in [0.5, 0.6) is 0 Å². The van der Waals surface area contributed by atoms with Gasteiger partial charge in [-0.1, -0.05) is 26.7 Å². The molecule has 14 heavy (non-hydrogen) atoms. The van der Waals surface area contributed by atoms with Crippen LogP contribution in [0.4, 0.5) is 0 Å². The normalized spacial score (nSPS) is 11.3. The van der Waals surface area contributed by atoms with Gasteiger partial charge in [0, 0.05) is 13.0 Å². The number of nitrogens with zero attached hydrogens (tertiary/aromatic N) is 1. The Morgan fingerprint density at radius 2 is 1.64 bits per heavy atom. The van der Waals surface area contributed by atoms with Crippen molar-refractivity contribution in [2.24, 2.45) is 0 Å². The summed E-state index contributed by atoms with van der Waals surface area (Å²) in [5, 5.41) is 8.65. The molecule has 0 aliphatic carbocycles. The third kappa shape index (κ3) is 4.78. The van der Waals surface area contributed by atoms with Crippen molar-refractivity contribution >= 4 is 8.32 Å². The highest BCUT2D eigenvalue weighted by molar-refractivity contribution is 6.73. The Kier molecular flexibility index (Phi) is 7.82. The summed E-state index contributed by atoms with van der Waals surface area (Å²) < 4.78 is 6.00. The molecule has 0 aliphatic rings. The first-order valence-corrected chi connectivity index (χ1v) is 8.28. The standard InChI is InChI=1S/C11H23NOSi/c1-4-9-14(10-5-2,13-6-3)11-7-8-12/h4-7,9-11H2,1-3H3. The number of hydrogen-bond acceptors (Lipinski definition) is 2. The van der Waals surface area contributed by atoms with Crippen molar-refractivity contribution < 1.29 is 4.43 Å². The SMILES string of the molecule is CCC[Si](CCC)(CCC#N)OCC. The first kappa shape index (κ1) is 13.7. The molecule has 0 radical (unpaired) electrons. The third-order valence-electron chi connectivity index (χ3n) is 2.55. The molecule has 0 bridgehead atoms. The molecule has 0 N–H and O–H groups in total. The first-order valence-electron chi connectivity index (χ1n) is 5.75. The van der Waals surface area contributed by atoms with Crippen LogP contribution >= 0.6 is 0 Å². The molecule has 0 amide bonds. The molecule has 0 heterocycles. The van der Waals surface area contributed by atoms with Crippen LogP contribution in [-0.4, -0.2) is 14.9 Å². The van der Waals surface area contributed by atoms with Gasteiger partial charge in [-0.3, -0.25) is 0 Å². The second kappa shape index (κ2) is 8.02. The lowest BCUT2D eigenvalue weighted by Crippen LogP contribution is -2.37. The summed E-state index contributed by atoms with van der Waals surface area (Å²) in [6.07, 6.45) is 3.06. The van der Waals surface area contributed by atoms with E-state index in [9.17, 15) is 0 Å².